The Morgan fingerprint density at radius 1 is 1.45 bits per heavy atom. The molecule has 1 amide bonds. The Morgan fingerprint density at radius 2 is 2.25 bits per heavy atom. The second kappa shape index (κ2) is 5.05. The van der Waals surface area contributed by atoms with E-state index >= 15 is 0 Å². The van der Waals surface area contributed by atoms with Crippen molar-refractivity contribution in [3.8, 4) is 5.75 Å². The van der Waals surface area contributed by atoms with Gasteiger partial charge in [-0.3, -0.25) is 4.79 Å². The molecule has 0 saturated heterocycles. The van der Waals surface area contributed by atoms with E-state index in [0.29, 0.717) is 18.0 Å². The first-order valence-electron chi connectivity index (χ1n) is 7.08. The molecule has 1 aromatic carbocycles. The molecule has 108 valence electrons. The Bertz CT molecular complexity index is 535. The van der Waals surface area contributed by atoms with Crippen LogP contribution in [0, 0.1) is 11.7 Å². The minimum absolute atomic E-state index is 0.0202. The molecule has 1 saturated carbocycles. The van der Waals surface area contributed by atoms with Crippen LogP contribution in [0.25, 0.3) is 0 Å². The Balaban J connectivity index is 1.88. The summed E-state index contributed by atoms with van der Waals surface area (Å²) in [6.07, 6.45) is 2.33. The van der Waals surface area contributed by atoms with E-state index in [0.717, 1.165) is 19.3 Å². The summed E-state index contributed by atoms with van der Waals surface area (Å²) < 4.78 is 18.9. The van der Waals surface area contributed by atoms with E-state index < -0.39 is 0 Å². The van der Waals surface area contributed by atoms with Crippen LogP contribution in [0.3, 0.4) is 0 Å². The van der Waals surface area contributed by atoms with E-state index in [1.54, 1.807) is 11.0 Å². The molecular formula is C15H19FN2O2. The van der Waals surface area contributed by atoms with Crippen molar-refractivity contribution in [2.75, 3.05) is 11.4 Å². The normalized spacial score (nSPS) is 28.9. The van der Waals surface area contributed by atoms with Crippen molar-refractivity contribution in [3.05, 3.63) is 24.0 Å². The lowest BCUT2D eigenvalue weighted by molar-refractivity contribution is -0.122. The van der Waals surface area contributed by atoms with Crippen LogP contribution in [-0.2, 0) is 4.79 Å². The molecule has 0 aromatic heterocycles. The van der Waals surface area contributed by atoms with Crippen LogP contribution in [0.1, 0.15) is 26.2 Å². The van der Waals surface area contributed by atoms with Crippen LogP contribution in [-0.4, -0.2) is 24.6 Å². The molecule has 5 heteroatoms. The van der Waals surface area contributed by atoms with Crippen LogP contribution < -0.4 is 15.4 Å². The monoisotopic (exact) mass is 278 g/mol. The van der Waals surface area contributed by atoms with Crippen molar-refractivity contribution < 1.29 is 13.9 Å². The van der Waals surface area contributed by atoms with Crippen LogP contribution in [0.5, 0.6) is 5.75 Å². The molecule has 1 aliphatic heterocycles. The van der Waals surface area contributed by atoms with Gasteiger partial charge in [0.05, 0.1) is 12.2 Å². The van der Waals surface area contributed by atoms with Gasteiger partial charge in [-0.25, -0.2) is 4.39 Å². The zero-order valence-corrected chi connectivity index (χ0v) is 11.5. The Morgan fingerprint density at radius 3 is 2.95 bits per heavy atom. The molecule has 3 atom stereocenters. The molecule has 1 aliphatic carbocycles. The number of benzene rings is 1. The molecule has 4 nitrogen and oxygen atoms in total. The minimum Gasteiger partial charge on any atom is -0.487 e. The molecule has 2 N–H and O–H groups in total. The SMILES string of the molecule is CC1CN(C(=O)C2CCC(N)C2)c2ccc(F)cc2O1. The van der Waals surface area contributed by atoms with E-state index in [1.807, 2.05) is 6.92 Å². The van der Waals surface area contributed by atoms with Crippen molar-refractivity contribution in [1.29, 1.82) is 0 Å². The Kier molecular flexibility index (Phi) is 3.38. The van der Waals surface area contributed by atoms with Crippen LogP contribution in [0.4, 0.5) is 10.1 Å². The number of nitrogens with zero attached hydrogens (tertiary/aromatic N) is 1. The van der Waals surface area contributed by atoms with E-state index in [-0.39, 0.29) is 29.8 Å². The molecule has 3 unspecified atom stereocenters. The second-order valence-electron chi connectivity index (χ2n) is 5.76. The standard InChI is InChI=1S/C15H19FN2O2/c1-9-8-18(15(19)10-2-4-12(17)6-10)13-5-3-11(16)7-14(13)20-9/h3,5,7,9-10,12H,2,4,6,8,17H2,1H3. The third kappa shape index (κ3) is 2.38. The fourth-order valence-corrected chi connectivity index (χ4v) is 3.08. The highest BCUT2D eigenvalue weighted by molar-refractivity contribution is 5.97. The maximum absolute atomic E-state index is 13.3. The first kappa shape index (κ1) is 13.4. The van der Waals surface area contributed by atoms with Gasteiger partial charge in [-0.2, -0.15) is 0 Å². The molecule has 0 bridgehead atoms. The van der Waals surface area contributed by atoms with Crippen molar-refractivity contribution in [2.45, 2.75) is 38.3 Å². The van der Waals surface area contributed by atoms with Gasteiger partial charge in [0.1, 0.15) is 17.7 Å². The van der Waals surface area contributed by atoms with Crippen molar-refractivity contribution in [2.24, 2.45) is 11.7 Å². The first-order valence-corrected chi connectivity index (χ1v) is 7.08. The van der Waals surface area contributed by atoms with Gasteiger partial charge in [-0.15, -0.1) is 0 Å². The van der Waals surface area contributed by atoms with Gasteiger partial charge in [0.15, 0.2) is 0 Å². The van der Waals surface area contributed by atoms with Crippen LogP contribution in [0.2, 0.25) is 0 Å². The van der Waals surface area contributed by atoms with Crippen molar-refractivity contribution >= 4 is 11.6 Å². The number of amides is 1. The van der Waals surface area contributed by atoms with Crippen LogP contribution in [0.15, 0.2) is 18.2 Å². The minimum atomic E-state index is -0.354. The van der Waals surface area contributed by atoms with Gasteiger partial charge in [-0.1, -0.05) is 0 Å². The van der Waals surface area contributed by atoms with Gasteiger partial charge in [0.2, 0.25) is 5.91 Å². The average molecular weight is 278 g/mol. The van der Waals surface area contributed by atoms with Gasteiger partial charge in [0, 0.05) is 18.0 Å². The predicted molar refractivity (Wildman–Crippen MR) is 74.2 cm³/mol. The summed E-state index contributed by atoms with van der Waals surface area (Å²) in [4.78, 5) is 14.4. The van der Waals surface area contributed by atoms with E-state index in [9.17, 15) is 9.18 Å². The number of ether oxygens (including phenoxy) is 1. The van der Waals surface area contributed by atoms with Crippen molar-refractivity contribution in [1.82, 2.24) is 0 Å². The number of nitrogens with two attached hydrogens (primary N) is 1. The molecule has 1 heterocycles. The lowest BCUT2D eigenvalue weighted by Crippen LogP contribution is -2.44. The zero-order valence-electron chi connectivity index (χ0n) is 11.5. The number of carbonyl (C=O) groups excluding carboxylic acids is 1. The molecule has 0 spiro atoms. The molecule has 2 aliphatic rings. The van der Waals surface area contributed by atoms with Gasteiger partial charge < -0.3 is 15.4 Å². The number of hydrogen-bond donors (Lipinski definition) is 1. The highest BCUT2D eigenvalue weighted by atomic mass is 19.1. The van der Waals surface area contributed by atoms with E-state index in [2.05, 4.69) is 0 Å². The molecule has 3 rings (SSSR count). The topological polar surface area (TPSA) is 55.6 Å². The number of carbonyl (C=O) groups is 1. The number of hydrogen-bond acceptors (Lipinski definition) is 3. The van der Waals surface area contributed by atoms with E-state index in [1.165, 1.54) is 12.1 Å². The predicted octanol–water partition coefficient (Wildman–Crippen LogP) is 2.07. The smallest absolute Gasteiger partial charge is 0.230 e. The lowest BCUT2D eigenvalue weighted by Gasteiger charge is -2.34. The largest absolute Gasteiger partial charge is 0.487 e. The maximum Gasteiger partial charge on any atom is 0.230 e. The van der Waals surface area contributed by atoms with Gasteiger partial charge in [-0.05, 0) is 38.3 Å². The highest BCUT2D eigenvalue weighted by Gasteiger charge is 2.35. The van der Waals surface area contributed by atoms with E-state index in [4.69, 9.17) is 10.5 Å². The number of anilines is 1. The fourth-order valence-electron chi connectivity index (χ4n) is 3.08. The van der Waals surface area contributed by atoms with Crippen LogP contribution >= 0.6 is 0 Å². The molecule has 1 aromatic rings. The zero-order chi connectivity index (χ0) is 14.3. The lowest BCUT2D eigenvalue weighted by atomic mass is 10.0. The fraction of sp³-hybridized carbons (Fsp3) is 0.533. The average Bonchev–Trinajstić information content (AvgIpc) is 2.83. The molecule has 1 fully saturated rings. The third-order valence-corrected chi connectivity index (χ3v) is 4.07. The summed E-state index contributed by atoms with van der Waals surface area (Å²) in [5.41, 5.74) is 6.55. The number of rotatable bonds is 1. The summed E-state index contributed by atoms with van der Waals surface area (Å²) in [5.74, 6) is 0.154. The second-order valence-corrected chi connectivity index (χ2v) is 5.76. The third-order valence-electron chi connectivity index (χ3n) is 4.07. The number of halogens is 1. The first-order chi connectivity index (χ1) is 9.54. The highest BCUT2D eigenvalue weighted by Crippen LogP contribution is 2.36. The van der Waals surface area contributed by atoms with Gasteiger partial charge in [0.25, 0.3) is 0 Å². The summed E-state index contributed by atoms with van der Waals surface area (Å²) in [5, 5.41) is 0. The maximum atomic E-state index is 13.3. The Hall–Kier alpha value is -1.62. The summed E-state index contributed by atoms with van der Waals surface area (Å²) in [7, 11) is 0. The Labute approximate surface area is 117 Å². The molecule has 0 radical (unpaired) electrons. The van der Waals surface area contributed by atoms with Gasteiger partial charge >= 0.3 is 0 Å². The summed E-state index contributed by atoms with van der Waals surface area (Å²) >= 11 is 0. The van der Waals surface area contributed by atoms with Crippen molar-refractivity contribution in [3.63, 3.8) is 0 Å². The summed E-state index contributed by atoms with van der Waals surface area (Å²) in [6, 6.07) is 4.43. The molecular weight excluding hydrogens is 259 g/mol. The quantitative estimate of drug-likeness (QED) is 0.855. The summed E-state index contributed by atoms with van der Waals surface area (Å²) in [6.45, 7) is 2.39. The number of fused-ring (bicyclic) bond motifs is 1. The molecule has 20 heavy (non-hydrogen) atoms.